The summed E-state index contributed by atoms with van der Waals surface area (Å²) in [5.41, 5.74) is 5.66. The molecule has 0 aliphatic rings. The van der Waals surface area contributed by atoms with Crippen molar-refractivity contribution in [3.8, 4) is 11.1 Å². The lowest BCUT2D eigenvalue weighted by molar-refractivity contribution is 0.0945. The molecule has 0 radical (unpaired) electrons. The minimum Gasteiger partial charge on any atom is -0.395 e. The first-order valence-corrected chi connectivity index (χ1v) is 9.08. The Balaban J connectivity index is 1.56. The molecule has 7 heteroatoms. The summed E-state index contributed by atoms with van der Waals surface area (Å²) in [5, 5.41) is 24.1. The molecule has 2 heterocycles. The fourth-order valence-corrected chi connectivity index (χ4v) is 3.19. The van der Waals surface area contributed by atoms with Gasteiger partial charge in [0.1, 0.15) is 0 Å². The Bertz CT molecular complexity index is 1110. The van der Waals surface area contributed by atoms with Gasteiger partial charge in [-0.15, -0.1) is 0 Å². The maximum atomic E-state index is 12.2. The zero-order valence-corrected chi connectivity index (χ0v) is 15.5. The molecule has 2 aromatic carbocycles. The van der Waals surface area contributed by atoms with E-state index in [-0.39, 0.29) is 19.1 Å². The number of carbonyl (C=O) groups excluding carboxylic acids is 1. The Hall–Kier alpha value is -3.45. The van der Waals surface area contributed by atoms with E-state index >= 15 is 0 Å². The molecule has 1 amide bonds. The third-order valence-corrected chi connectivity index (χ3v) is 4.67. The Morgan fingerprint density at radius 1 is 1.18 bits per heavy atom. The lowest BCUT2D eigenvalue weighted by atomic mass is 10.0. The van der Waals surface area contributed by atoms with Gasteiger partial charge in [-0.2, -0.15) is 10.2 Å². The van der Waals surface area contributed by atoms with Crippen molar-refractivity contribution >= 4 is 16.8 Å². The highest BCUT2D eigenvalue weighted by molar-refractivity contribution is 5.98. The fourth-order valence-electron chi connectivity index (χ4n) is 3.19. The number of H-pyrrole nitrogens is 1. The number of benzene rings is 2. The van der Waals surface area contributed by atoms with Gasteiger partial charge in [0, 0.05) is 42.7 Å². The molecule has 7 nitrogen and oxygen atoms in total. The molecular weight excluding hydrogens is 354 g/mol. The monoisotopic (exact) mass is 375 g/mol. The summed E-state index contributed by atoms with van der Waals surface area (Å²) >= 11 is 0. The molecule has 0 saturated carbocycles. The molecule has 0 spiro atoms. The van der Waals surface area contributed by atoms with E-state index in [1.165, 1.54) is 0 Å². The van der Waals surface area contributed by atoms with Gasteiger partial charge in [0.2, 0.25) is 0 Å². The molecule has 0 unspecified atom stereocenters. The van der Waals surface area contributed by atoms with Crippen LogP contribution in [0.2, 0.25) is 0 Å². The number of rotatable bonds is 6. The molecule has 0 aliphatic heterocycles. The largest absolute Gasteiger partial charge is 0.395 e. The van der Waals surface area contributed by atoms with Crippen LogP contribution in [-0.4, -0.2) is 44.1 Å². The lowest BCUT2D eigenvalue weighted by Crippen LogP contribution is -2.26. The molecule has 142 valence electrons. The third kappa shape index (κ3) is 3.65. The van der Waals surface area contributed by atoms with Crippen molar-refractivity contribution in [3.63, 3.8) is 0 Å². The first kappa shape index (κ1) is 17.9. The van der Waals surface area contributed by atoms with E-state index in [2.05, 4.69) is 44.9 Å². The lowest BCUT2D eigenvalue weighted by Gasteiger charge is -2.04. The van der Waals surface area contributed by atoms with Crippen molar-refractivity contribution in [1.29, 1.82) is 0 Å². The summed E-state index contributed by atoms with van der Waals surface area (Å²) < 4.78 is 1.79. The van der Waals surface area contributed by atoms with E-state index in [1.54, 1.807) is 10.7 Å². The van der Waals surface area contributed by atoms with Crippen LogP contribution in [0.1, 0.15) is 21.6 Å². The highest BCUT2D eigenvalue weighted by atomic mass is 16.3. The van der Waals surface area contributed by atoms with Gasteiger partial charge in [-0.25, -0.2) is 0 Å². The summed E-state index contributed by atoms with van der Waals surface area (Å²) in [6, 6.07) is 13.8. The average Bonchev–Trinajstić information content (AvgIpc) is 3.33. The van der Waals surface area contributed by atoms with E-state index in [0.717, 1.165) is 33.3 Å². The Kier molecular flexibility index (Phi) is 4.90. The minimum atomic E-state index is -0.205. The zero-order chi connectivity index (χ0) is 19.5. The van der Waals surface area contributed by atoms with E-state index < -0.39 is 0 Å². The summed E-state index contributed by atoms with van der Waals surface area (Å²) in [6.07, 6.45) is 4.49. The minimum absolute atomic E-state index is 0.0833. The third-order valence-electron chi connectivity index (χ3n) is 4.67. The van der Waals surface area contributed by atoms with Gasteiger partial charge in [-0.05, 0) is 29.3 Å². The molecule has 0 aliphatic carbocycles. The molecule has 0 bridgehead atoms. The van der Waals surface area contributed by atoms with E-state index in [0.29, 0.717) is 12.0 Å². The van der Waals surface area contributed by atoms with Crippen LogP contribution in [0.15, 0.2) is 54.9 Å². The predicted molar refractivity (Wildman–Crippen MR) is 107 cm³/mol. The van der Waals surface area contributed by atoms with Crippen LogP contribution in [0.4, 0.5) is 0 Å². The average molecular weight is 375 g/mol. The maximum absolute atomic E-state index is 12.2. The number of fused-ring (bicyclic) bond motifs is 1. The van der Waals surface area contributed by atoms with Crippen molar-refractivity contribution in [3.05, 3.63) is 71.7 Å². The molecule has 0 saturated heterocycles. The standard InChI is InChI=1S/C21H21N5O2/c1-26-13-17(12-23-26)15-4-2-14(3-5-15)10-20-18-11-16(21(28)22-8-9-27)6-7-19(18)24-25-20/h2-7,11-13,27H,8-10H2,1H3,(H,22,28)(H,24,25). The van der Waals surface area contributed by atoms with Gasteiger partial charge in [-0.1, -0.05) is 24.3 Å². The second-order valence-electron chi connectivity index (χ2n) is 6.69. The molecule has 2 aromatic heterocycles. The summed E-state index contributed by atoms with van der Waals surface area (Å²) in [7, 11) is 1.90. The van der Waals surface area contributed by atoms with Crippen LogP contribution in [0.3, 0.4) is 0 Å². The fraction of sp³-hybridized carbons (Fsp3) is 0.190. The molecular formula is C21H21N5O2. The molecule has 4 aromatic rings. The van der Waals surface area contributed by atoms with Crippen LogP contribution >= 0.6 is 0 Å². The Morgan fingerprint density at radius 3 is 2.71 bits per heavy atom. The number of nitrogens with zero attached hydrogens (tertiary/aromatic N) is 3. The van der Waals surface area contributed by atoms with Gasteiger partial charge in [0.05, 0.1) is 24.0 Å². The predicted octanol–water partition coefficient (Wildman–Crippen LogP) is 2.28. The zero-order valence-electron chi connectivity index (χ0n) is 15.5. The highest BCUT2D eigenvalue weighted by Crippen LogP contribution is 2.23. The van der Waals surface area contributed by atoms with E-state index in [4.69, 9.17) is 5.11 Å². The normalized spacial score (nSPS) is 11.1. The van der Waals surface area contributed by atoms with E-state index in [1.807, 2.05) is 31.6 Å². The Morgan fingerprint density at radius 2 is 2.00 bits per heavy atom. The summed E-state index contributed by atoms with van der Waals surface area (Å²) in [6.45, 7) is 0.151. The number of aromatic amines is 1. The quantitative estimate of drug-likeness (QED) is 0.482. The van der Waals surface area contributed by atoms with Crippen LogP contribution in [0, 0.1) is 0 Å². The number of hydrogen-bond donors (Lipinski definition) is 3. The van der Waals surface area contributed by atoms with Gasteiger partial charge < -0.3 is 10.4 Å². The second-order valence-corrected chi connectivity index (χ2v) is 6.69. The number of hydrogen-bond acceptors (Lipinski definition) is 4. The van der Waals surface area contributed by atoms with Crippen molar-refractivity contribution in [2.24, 2.45) is 7.05 Å². The van der Waals surface area contributed by atoms with Gasteiger partial charge in [-0.3, -0.25) is 14.6 Å². The smallest absolute Gasteiger partial charge is 0.251 e. The van der Waals surface area contributed by atoms with Crippen molar-refractivity contribution in [2.75, 3.05) is 13.2 Å². The van der Waals surface area contributed by atoms with Gasteiger partial charge in [0.25, 0.3) is 5.91 Å². The number of nitrogens with one attached hydrogen (secondary N) is 2. The summed E-state index contributed by atoms with van der Waals surface area (Å²) in [5.74, 6) is -0.205. The van der Waals surface area contributed by atoms with Crippen molar-refractivity contribution in [1.82, 2.24) is 25.3 Å². The number of carbonyl (C=O) groups is 1. The van der Waals surface area contributed by atoms with Crippen molar-refractivity contribution < 1.29 is 9.90 Å². The SMILES string of the molecule is Cn1cc(-c2ccc(Cc3n[nH]c4ccc(C(=O)NCCO)cc34)cc2)cn1. The molecule has 4 rings (SSSR count). The van der Waals surface area contributed by atoms with E-state index in [9.17, 15) is 4.79 Å². The first-order valence-electron chi connectivity index (χ1n) is 9.08. The molecule has 0 atom stereocenters. The number of amides is 1. The van der Waals surface area contributed by atoms with Crippen LogP contribution in [0.5, 0.6) is 0 Å². The number of aromatic nitrogens is 4. The number of aryl methyl sites for hydroxylation is 1. The maximum Gasteiger partial charge on any atom is 0.251 e. The highest BCUT2D eigenvalue weighted by Gasteiger charge is 2.11. The number of aliphatic hydroxyl groups excluding tert-OH is 1. The van der Waals surface area contributed by atoms with Crippen LogP contribution in [-0.2, 0) is 13.5 Å². The number of aliphatic hydroxyl groups is 1. The Labute approximate surface area is 162 Å². The second kappa shape index (κ2) is 7.66. The van der Waals surface area contributed by atoms with Crippen LogP contribution < -0.4 is 5.32 Å². The molecule has 3 N–H and O–H groups in total. The topological polar surface area (TPSA) is 95.8 Å². The van der Waals surface area contributed by atoms with Crippen molar-refractivity contribution in [2.45, 2.75) is 6.42 Å². The van der Waals surface area contributed by atoms with Gasteiger partial charge in [0.15, 0.2) is 0 Å². The van der Waals surface area contributed by atoms with Gasteiger partial charge >= 0.3 is 0 Å². The molecule has 0 fully saturated rings. The first-order chi connectivity index (χ1) is 13.6. The molecule has 28 heavy (non-hydrogen) atoms. The van der Waals surface area contributed by atoms with Crippen LogP contribution in [0.25, 0.3) is 22.0 Å². The summed E-state index contributed by atoms with van der Waals surface area (Å²) in [4.78, 5) is 12.2.